The van der Waals surface area contributed by atoms with Crippen molar-refractivity contribution >= 4 is 23.4 Å². The number of hydrogen-bond donors (Lipinski definition) is 0. The van der Waals surface area contributed by atoms with Gasteiger partial charge >= 0.3 is 5.97 Å². The second kappa shape index (κ2) is 6.88. The molecule has 0 radical (unpaired) electrons. The van der Waals surface area contributed by atoms with Crippen molar-refractivity contribution in [1.29, 1.82) is 0 Å². The molecule has 2 aromatic carbocycles. The van der Waals surface area contributed by atoms with Gasteiger partial charge in [0.25, 0.3) is 0 Å². The molecular formula is C17H12ClFO5. The molecule has 1 heterocycles. The van der Waals surface area contributed by atoms with Crippen LogP contribution in [-0.2, 0) is 4.74 Å². The minimum Gasteiger partial charge on any atom is -0.486 e. The summed E-state index contributed by atoms with van der Waals surface area (Å²) in [4.78, 5) is 24.0. The Morgan fingerprint density at radius 3 is 2.54 bits per heavy atom. The van der Waals surface area contributed by atoms with E-state index in [1.165, 1.54) is 24.3 Å². The normalized spacial score (nSPS) is 12.6. The number of hydrogen-bond acceptors (Lipinski definition) is 5. The largest absolute Gasteiger partial charge is 0.486 e. The molecule has 0 aromatic heterocycles. The van der Waals surface area contributed by atoms with Crippen LogP contribution in [0.4, 0.5) is 4.39 Å². The molecule has 3 rings (SSSR count). The number of rotatable bonds is 4. The fraction of sp³-hybridized carbons (Fsp3) is 0.176. The minimum absolute atomic E-state index is 0.149. The summed E-state index contributed by atoms with van der Waals surface area (Å²) in [6, 6.07) is 7.81. The summed E-state index contributed by atoms with van der Waals surface area (Å²) >= 11 is 6.05. The highest BCUT2D eigenvalue weighted by Gasteiger charge is 2.20. The molecule has 5 nitrogen and oxygen atoms in total. The molecule has 124 valence electrons. The smallest absolute Gasteiger partial charge is 0.338 e. The van der Waals surface area contributed by atoms with Gasteiger partial charge in [-0.25, -0.2) is 9.18 Å². The summed E-state index contributed by atoms with van der Waals surface area (Å²) in [6.45, 7) is 0.268. The number of carbonyl (C=O) groups excluding carboxylic acids is 2. The average molecular weight is 351 g/mol. The van der Waals surface area contributed by atoms with Gasteiger partial charge in [0.15, 0.2) is 23.9 Å². The molecule has 7 heteroatoms. The molecule has 0 atom stereocenters. The maximum Gasteiger partial charge on any atom is 0.338 e. The van der Waals surface area contributed by atoms with Gasteiger partial charge in [0, 0.05) is 5.56 Å². The predicted octanol–water partition coefficient (Wildman–Crippen LogP) is 3.29. The van der Waals surface area contributed by atoms with Crippen molar-refractivity contribution in [2.24, 2.45) is 0 Å². The van der Waals surface area contributed by atoms with Crippen molar-refractivity contribution in [2.45, 2.75) is 0 Å². The van der Waals surface area contributed by atoms with E-state index < -0.39 is 24.2 Å². The third-order valence-electron chi connectivity index (χ3n) is 3.33. The lowest BCUT2D eigenvalue weighted by Gasteiger charge is -2.19. The molecule has 0 saturated carbocycles. The molecule has 0 amide bonds. The van der Waals surface area contributed by atoms with Crippen molar-refractivity contribution < 1.29 is 28.2 Å². The van der Waals surface area contributed by atoms with E-state index in [9.17, 15) is 14.0 Å². The van der Waals surface area contributed by atoms with E-state index in [1.54, 1.807) is 0 Å². The van der Waals surface area contributed by atoms with Crippen LogP contribution in [0.25, 0.3) is 0 Å². The summed E-state index contributed by atoms with van der Waals surface area (Å²) in [5.41, 5.74) is 0.403. The molecule has 0 saturated heterocycles. The molecule has 1 aliphatic rings. The number of halogens is 2. The lowest BCUT2D eigenvalue weighted by atomic mass is 10.1. The summed E-state index contributed by atoms with van der Waals surface area (Å²) in [7, 11) is 0. The number of carbonyl (C=O) groups is 2. The first-order valence-corrected chi connectivity index (χ1v) is 7.47. The van der Waals surface area contributed by atoms with Crippen LogP contribution in [-0.4, -0.2) is 31.6 Å². The van der Waals surface area contributed by atoms with Crippen molar-refractivity contribution in [3.8, 4) is 11.5 Å². The van der Waals surface area contributed by atoms with Gasteiger partial charge in [0.05, 0.1) is 10.6 Å². The SMILES string of the molecule is O=C(COC(=O)c1cc(Cl)c2c(c1)OCCO2)c1ccc(F)cc1. The second-order valence-electron chi connectivity index (χ2n) is 4.99. The minimum atomic E-state index is -0.718. The van der Waals surface area contributed by atoms with Gasteiger partial charge in [-0.15, -0.1) is 0 Å². The van der Waals surface area contributed by atoms with Gasteiger partial charge in [-0.3, -0.25) is 4.79 Å². The molecule has 0 aliphatic carbocycles. The number of benzene rings is 2. The zero-order valence-electron chi connectivity index (χ0n) is 12.4. The van der Waals surface area contributed by atoms with Crippen LogP contribution in [0.3, 0.4) is 0 Å². The maximum absolute atomic E-state index is 12.8. The van der Waals surface area contributed by atoms with Crippen molar-refractivity contribution in [2.75, 3.05) is 19.8 Å². The third kappa shape index (κ3) is 3.49. The van der Waals surface area contributed by atoms with Gasteiger partial charge in [0.1, 0.15) is 19.0 Å². The van der Waals surface area contributed by atoms with Crippen molar-refractivity contribution in [1.82, 2.24) is 0 Å². The van der Waals surface area contributed by atoms with Gasteiger partial charge in [-0.1, -0.05) is 11.6 Å². The van der Waals surface area contributed by atoms with E-state index in [1.807, 2.05) is 0 Å². The highest BCUT2D eigenvalue weighted by molar-refractivity contribution is 6.32. The third-order valence-corrected chi connectivity index (χ3v) is 3.61. The number of esters is 1. The second-order valence-corrected chi connectivity index (χ2v) is 5.40. The number of ketones is 1. The Morgan fingerprint density at radius 1 is 1.08 bits per heavy atom. The van der Waals surface area contributed by atoms with Gasteiger partial charge < -0.3 is 14.2 Å². The van der Waals surface area contributed by atoms with Crippen molar-refractivity contribution in [3.63, 3.8) is 0 Å². The van der Waals surface area contributed by atoms with E-state index in [0.717, 1.165) is 12.1 Å². The predicted molar refractivity (Wildman–Crippen MR) is 83.5 cm³/mol. The first kappa shape index (κ1) is 16.3. The number of ether oxygens (including phenoxy) is 3. The van der Waals surface area contributed by atoms with Crippen LogP contribution >= 0.6 is 11.6 Å². The summed E-state index contributed by atoms with van der Waals surface area (Å²) < 4.78 is 28.6. The Morgan fingerprint density at radius 2 is 1.79 bits per heavy atom. The number of fused-ring (bicyclic) bond motifs is 1. The zero-order valence-corrected chi connectivity index (χ0v) is 13.1. The van der Waals surface area contributed by atoms with E-state index >= 15 is 0 Å². The molecule has 0 bridgehead atoms. The van der Waals surface area contributed by atoms with Gasteiger partial charge in [-0.2, -0.15) is 0 Å². The lowest BCUT2D eigenvalue weighted by molar-refractivity contribution is 0.0474. The summed E-state index contributed by atoms with van der Waals surface area (Å²) in [6.07, 6.45) is 0. The quantitative estimate of drug-likeness (QED) is 0.625. The van der Waals surface area contributed by atoms with Crippen LogP contribution in [0, 0.1) is 5.82 Å². The molecule has 24 heavy (non-hydrogen) atoms. The summed E-state index contributed by atoms with van der Waals surface area (Å²) in [5.74, 6) is -0.877. The Balaban J connectivity index is 1.68. The Hall–Kier alpha value is -2.60. The zero-order chi connectivity index (χ0) is 17.1. The highest BCUT2D eigenvalue weighted by Crippen LogP contribution is 2.38. The first-order chi connectivity index (χ1) is 11.5. The number of Topliss-reactive ketones (excluding diaryl/α,β-unsaturated/α-hetero) is 1. The first-order valence-electron chi connectivity index (χ1n) is 7.09. The van der Waals surface area contributed by atoms with Crippen LogP contribution in [0.1, 0.15) is 20.7 Å². The van der Waals surface area contributed by atoms with Crippen LogP contribution in [0.2, 0.25) is 5.02 Å². The topological polar surface area (TPSA) is 61.8 Å². The van der Waals surface area contributed by atoms with Gasteiger partial charge in [-0.05, 0) is 36.4 Å². The lowest BCUT2D eigenvalue weighted by Crippen LogP contribution is -2.17. The van der Waals surface area contributed by atoms with Gasteiger partial charge in [0.2, 0.25) is 0 Å². The highest BCUT2D eigenvalue weighted by atomic mass is 35.5. The van der Waals surface area contributed by atoms with E-state index in [0.29, 0.717) is 24.7 Å². The average Bonchev–Trinajstić information content (AvgIpc) is 2.60. The molecule has 1 aliphatic heterocycles. The molecule has 0 unspecified atom stereocenters. The fourth-order valence-corrected chi connectivity index (χ4v) is 2.43. The van der Waals surface area contributed by atoms with E-state index in [2.05, 4.69) is 0 Å². The van der Waals surface area contributed by atoms with E-state index in [-0.39, 0.29) is 16.1 Å². The molecule has 2 aromatic rings. The van der Waals surface area contributed by atoms with Crippen LogP contribution in [0.5, 0.6) is 11.5 Å². The molecular weight excluding hydrogens is 339 g/mol. The Bertz CT molecular complexity index is 788. The van der Waals surface area contributed by atoms with Crippen LogP contribution in [0.15, 0.2) is 36.4 Å². The Kier molecular flexibility index (Phi) is 4.66. The molecule has 0 spiro atoms. The molecule has 0 fully saturated rings. The maximum atomic E-state index is 12.8. The standard InChI is InChI=1S/C17H12ClFO5/c18-13-7-11(8-15-16(13)23-6-5-22-15)17(21)24-9-14(20)10-1-3-12(19)4-2-10/h1-4,7-8H,5-6,9H2. The van der Waals surface area contributed by atoms with Crippen molar-refractivity contribution in [3.05, 3.63) is 58.4 Å². The Labute approximate surface area is 141 Å². The summed E-state index contributed by atoms with van der Waals surface area (Å²) in [5, 5.41) is 0.226. The fourth-order valence-electron chi connectivity index (χ4n) is 2.16. The monoisotopic (exact) mass is 350 g/mol. The molecule has 0 N–H and O–H groups in total. The van der Waals surface area contributed by atoms with E-state index in [4.69, 9.17) is 25.8 Å². The van der Waals surface area contributed by atoms with Crippen LogP contribution < -0.4 is 9.47 Å².